The van der Waals surface area contributed by atoms with Crippen molar-refractivity contribution in [3.63, 3.8) is 0 Å². The van der Waals surface area contributed by atoms with E-state index in [1.165, 1.54) is 0 Å². The third-order valence-electron chi connectivity index (χ3n) is 2.62. The Kier molecular flexibility index (Phi) is 2.58. The molecule has 2 nitrogen and oxygen atoms in total. The number of ether oxygens (including phenoxy) is 1. The summed E-state index contributed by atoms with van der Waals surface area (Å²) in [5.41, 5.74) is -0.744. The highest BCUT2D eigenvalue weighted by Gasteiger charge is 2.67. The number of hydrogen-bond acceptors (Lipinski definition) is 2. The molecule has 13 heavy (non-hydrogen) atoms. The zero-order valence-electron chi connectivity index (χ0n) is 8.11. The lowest BCUT2D eigenvalue weighted by atomic mass is 9.97. The molecule has 0 aromatic carbocycles. The van der Waals surface area contributed by atoms with Gasteiger partial charge in [0.05, 0.1) is 6.61 Å². The first kappa shape index (κ1) is 10.4. The Morgan fingerprint density at radius 1 is 1.62 bits per heavy atom. The van der Waals surface area contributed by atoms with Gasteiger partial charge in [0.2, 0.25) is 0 Å². The molecule has 1 aliphatic carbocycles. The largest absolute Gasteiger partial charge is 0.465 e. The molecule has 1 rings (SSSR count). The Labute approximate surface area is 83.6 Å². The Balaban J connectivity index is 2.82. The van der Waals surface area contributed by atoms with Crippen molar-refractivity contribution in [2.24, 2.45) is 10.8 Å². The van der Waals surface area contributed by atoms with E-state index in [2.05, 4.69) is 11.3 Å². The predicted molar refractivity (Wildman–Crippen MR) is 51.1 cm³/mol. The maximum absolute atomic E-state index is 11.5. The van der Waals surface area contributed by atoms with E-state index in [1.807, 2.05) is 13.8 Å². The minimum atomic E-state index is -0.648. The van der Waals surface area contributed by atoms with E-state index in [0.29, 0.717) is 6.61 Å². The summed E-state index contributed by atoms with van der Waals surface area (Å²) in [7, 11) is 0. The lowest BCUT2D eigenvalue weighted by molar-refractivity contribution is -0.148. The van der Waals surface area contributed by atoms with Crippen LogP contribution >= 0.6 is 11.6 Å². The second-order valence-corrected chi connectivity index (χ2v) is 4.09. The third kappa shape index (κ3) is 1.53. The fourth-order valence-electron chi connectivity index (χ4n) is 1.57. The molecule has 3 heteroatoms. The van der Waals surface area contributed by atoms with Crippen molar-refractivity contribution >= 4 is 17.6 Å². The lowest BCUT2D eigenvalue weighted by Gasteiger charge is -2.11. The van der Waals surface area contributed by atoms with Gasteiger partial charge in [-0.3, -0.25) is 4.79 Å². The average Bonchev–Trinajstić information content (AvgIpc) is 2.56. The second kappa shape index (κ2) is 3.23. The van der Waals surface area contributed by atoms with Crippen LogP contribution in [0.2, 0.25) is 0 Å². The number of esters is 1. The van der Waals surface area contributed by atoms with Crippen molar-refractivity contribution in [1.29, 1.82) is 0 Å². The van der Waals surface area contributed by atoms with Crippen molar-refractivity contribution < 1.29 is 9.53 Å². The number of carbonyl (C=O) groups excluding carboxylic acids is 1. The van der Waals surface area contributed by atoms with E-state index >= 15 is 0 Å². The van der Waals surface area contributed by atoms with Gasteiger partial charge in [-0.1, -0.05) is 19.8 Å². The Morgan fingerprint density at radius 2 is 2.15 bits per heavy atom. The van der Waals surface area contributed by atoms with Crippen molar-refractivity contribution in [2.75, 3.05) is 6.61 Å². The van der Waals surface area contributed by atoms with Crippen LogP contribution in [0.3, 0.4) is 0 Å². The van der Waals surface area contributed by atoms with Crippen molar-refractivity contribution in [2.45, 2.75) is 27.2 Å². The van der Waals surface area contributed by atoms with E-state index in [4.69, 9.17) is 16.3 Å². The summed E-state index contributed by atoms with van der Waals surface area (Å²) in [5, 5.41) is 2.29. The summed E-state index contributed by atoms with van der Waals surface area (Å²) in [6.45, 7) is 6.16. The SMILES string of the molecule is CCOC(=O)C1(C#CCl)CC1(C)C. The maximum atomic E-state index is 11.5. The summed E-state index contributed by atoms with van der Waals surface area (Å²) in [6.07, 6.45) is 0.735. The molecule has 0 bridgehead atoms. The number of rotatable bonds is 2. The van der Waals surface area contributed by atoms with E-state index in [0.717, 1.165) is 6.42 Å². The first-order chi connectivity index (χ1) is 6.00. The molecule has 1 unspecified atom stereocenters. The van der Waals surface area contributed by atoms with Gasteiger partial charge in [-0.05, 0) is 30.4 Å². The highest BCUT2D eigenvalue weighted by Crippen LogP contribution is 2.63. The van der Waals surface area contributed by atoms with Gasteiger partial charge in [0, 0.05) is 5.38 Å². The summed E-state index contributed by atoms with van der Waals surface area (Å²) >= 11 is 5.33. The molecule has 0 aromatic heterocycles. The summed E-state index contributed by atoms with van der Waals surface area (Å²) in [5.74, 6) is 2.51. The fourth-order valence-corrected chi connectivity index (χ4v) is 1.73. The zero-order chi connectivity index (χ0) is 10.1. The first-order valence-electron chi connectivity index (χ1n) is 4.30. The molecule has 0 saturated heterocycles. The molecule has 1 saturated carbocycles. The van der Waals surface area contributed by atoms with Crippen molar-refractivity contribution in [1.82, 2.24) is 0 Å². The van der Waals surface area contributed by atoms with Crippen LogP contribution in [0.5, 0.6) is 0 Å². The molecule has 0 aliphatic heterocycles. The minimum Gasteiger partial charge on any atom is -0.465 e. The molecule has 0 heterocycles. The van der Waals surface area contributed by atoms with Crippen LogP contribution in [0.25, 0.3) is 0 Å². The molecular weight excluding hydrogens is 188 g/mol. The lowest BCUT2D eigenvalue weighted by Crippen LogP contribution is -2.22. The fraction of sp³-hybridized carbons (Fsp3) is 0.700. The minimum absolute atomic E-state index is 0.0961. The van der Waals surface area contributed by atoms with Gasteiger partial charge in [-0.25, -0.2) is 0 Å². The third-order valence-corrected chi connectivity index (χ3v) is 2.72. The van der Waals surface area contributed by atoms with Gasteiger partial charge in [0.15, 0.2) is 0 Å². The monoisotopic (exact) mass is 200 g/mol. The number of halogens is 1. The molecule has 0 aromatic rings. The predicted octanol–water partition coefficient (Wildman–Crippen LogP) is 2.17. The molecule has 0 radical (unpaired) electrons. The van der Waals surface area contributed by atoms with Crippen LogP contribution in [-0.2, 0) is 9.53 Å². The van der Waals surface area contributed by atoms with Gasteiger partial charge in [-0.2, -0.15) is 0 Å². The number of carbonyl (C=O) groups is 1. The van der Waals surface area contributed by atoms with Gasteiger partial charge < -0.3 is 4.74 Å². The molecule has 1 aliphatic rings. The first-order valence-corrected chi connectivity index (χ1v) is 4.68. The second-order valence-electron chi connectivity index (χ2n) is 3.91. The molecule has 0 N–H and O–H groups in total. The molecule has 0 amide bonds. The highest BCUT2D eigenvalue weighted by molar-refractivity contribution is 6.30. The smallest absolute Gasteiger partial charge is 0.324 e. The zero-order valence-corrected chi connectivity index (χ0v) is 8.86. The molecule has 1 atom stereocenters. The van der Waals surface area contributed by atoms with Gasteiger partial charge in [0.25, 0.3) is 0 Å². The standard InChI is InChI=1S/C10H13ClO2/c1-4-13-8(12)10(5-6-11)7-9(10,2)3/h4,7H2,1-3H3. The quantitative estimate of drug-likeness (QED) is 0.505. The topological polar surface area (TPSA) is 26.3 Å². The Bertz CT molecular complexity index is 285. The van der Waals surface area contributed by atoms with Crippen LogP contribution in [0.1, 0.15) is 27.2 Å². The van der Waals surface area contributed by atoms with E-state index in [-0.39, 0.29) is 11.4 Å². The van der Waals surface area contributed by atoms with E-state index in [1.54, 1.807) is 6.92 Å². The summed E-state index contributed by atoms with van der Waals surface area (Å²) < 4.78 is 4.96. The van der Waals surface area contributed by atoms with Crippen LogP contribution in [0.15, 0.2) is 0 Å². The van der Waals surface area contributed by atoms with Crippen LogP contribution in [0, 0.1) is 22.1 Å². The van der Waals surface area contributed by atoms with Crippen LogP contribution in [0.4, 0.5) is 0 Å². The van der Waals surface area contributed by atoms with Crippen molar-refractivity contribution in [3.8, 4) is 11.3 Å². The van der Waals surface area contributed by atoms with Crippen LogP contribution < -0.4 is 0 Å². The van der Waals surface area contributed by atoms with Gasteiger partial charge in [0.1, 0.15) is 5.41 Å². The maximum Gasteiger partial charge on any atom is 0.324 e. The molecular formula is C10H13ClO2. The highest BCUT2D eigenvalue weighted by atomic mass is 35.5. The normalized spacial score (nSPS) is 28.6. The molecule has 72 valence electrons. The average molecular weight is 201 g/mol. The van der Waals surface area contributed by atoms with Gasteiger partial charge >= 0.3 is 5.97 Å². The van der Waals surface area contributed by atoms with Crippen molar-refractivity contribution in [3.05, 3.63) is 0 Å². The molecule has 0 spiro atoms. The Hall–Kier alpha value is -0.680. The molecule has 1 fully saturated rings. The van der Waals surface area contributed by atoms with Crippen LogP contribution in [-0.4, -0.2) is 12.6 Å². The van der Waals surface area contributed by atoms with Gasteiger partial charge in [-0.15, -0.1) is 0 Å². The summed E-state index contributed by atoms with van der Waals surface area (Å²) in [4.78, 5) is 11.5. The Morgan fingerprint density at radius 3 is 2.46 bits per heavy atom. The van der Waals surface area contributed by atoms with E-state index in [9.17, 15) is 4.79 Å². The summed E-state index contributed by atoms with van der Waals surface area (Å²) in [6, 6.07) is 0. The van der Waals surface area contributed by atoms with E-state index < -0.39 is 5.41 Å². The number of hydrogen-bond donors (Lipinski definition) is 0.